The molecule has 0 aliphatic heterocycles. The van der Waals surface area contributed by atoms with E-state index in [1.54, 1.807) is 0 Å². The summed E-state index contributed by atoms with van der Waals surface area (Å²) in [4.78, 5) is 0.497. The SMILES string of the molecule is CCCn1nc(-c2nn3c(-c4cc(F)ccc4F)nnc3s2)cc1C. The molecule has 0 N–H and O–H groups in total. The Balaban J connectivity index is 1.81. The first-order valence-electron chi connectivity index (χ1n) is 7.79. The number of hydrogen-bond acceptors (Lipinski definition) is 5. The minimum atomic E-state index is -0.576. The van der Waals surface area contributed by atoms with Gasteiger partial charge in [-0.2, -0.15) is 14.7 Å². The zero-order chi connectivity index (χ0) is 17.6. The van der Waals surface area contributed by atoms with E-state index in [1.165, 1.54) is 15.9 Å². The van der Waals surface area contributed by atoms with Crippen molar-refractivity contribution < 1.29 is 8.78 Å². The topological polar surface area (TPSA) is 60.9 Å². The van der Waals surface area contributed by atoms with Crippen LogP contribution in [0.2, 0.25) is 0 Å². The number of aryl methyl sites for hydroxylation is 2. The van der Waals surface area contributed by atoms with Crippen LogP contribution in [-0.4, -0.2) is 29.6 Å². The lowest BCUT2D eigenvalue weighted by molar-refractivity contribution is 0.588. The molecule has 9 heteroatoms. The third kappa shape index (κ3) is 2.70. The Bertz CT molecular complexity index is 1060. The summed E-state index contributed by atoms with van der Waals surface area (Å²) in [5.74, 6) is -0.954. The molecule has 0 unspecified atom stereocenters. The van der Waals surface area contributed by atoms with Crippen LogP contribution in [0.1, 0.15) is 19.0 Å². The molecule has 4 rings (SSSR count). The molecule has 6 nitrogen and oxygen atoms in total. The van der Waals surface area contributed by atoms with Gasteiger partial charge in [0.1, 0.15) is 17.3 Å². The molecular formula is C16H14F2N6S. The Morgan fingerprint density at radius 3 is 2.76 bits per heavy atom. The molecule has 0 bridgehead atoms. The first-order chi connectivity index (χ1) is 12.1. The van der Waals surface area contributed by atoms with Crippen LogP contribution < -0.4 is 0 Å². The fourth-order valence-corrected chi connectivity index (χ4v) is 3.41. The Kier molecular flexibility index (Phi) is 3.79. The summed E-state index contributed by atoms with van der Waals surface area (Å²) in [5.41, 5.74) is 1.79. The van der Waals surface area contributed by atoms with Gasteiger partial charge < -0.3 is 0 Å². The number of aromatic nitrogens is 6. The van der Waals surface area contributed by atoms with E-state index < -0.39 is 11.6 Å². The highest BCUT2D eigenvalue weighted by atomic mass is 32.1. The van der Waals surface area contributed by atoms with Crippen LogP contribution >= 0.6 is 11.3 Å². The number of nitrogens with zero attached hydrogens (tertiary/aromatic N) is 6. The molecule has 1 aromatic carbocycles. The largest absolute Gasteiger partial charge is 0.269 e. The minimum absolute atomic E-state index is 0.0250. The monoisotopic (exact) mass is 360 g/mol. The van der Waals surface area contributed by atoms with Gasteiger partial charge in [-0.15, -0.1) is 10.2 Å². The highest BCUT2D eigenvalue weighted by Gasteiger charge is 2.19. The van der Waals surface area contributed by atoms with Gasteiger partial charge in [0.05, 0.1) is 5.56 Å². The van der Waals surface area contributed by atoms with Gasteiger partial charge in [0.25, 0.3) is 0 Å². The van der Waals surface area contributed by atoms with Gasteiger partial charge in [-0.1, -0.05) is 18.3 Å². The smallest absolute Gasteiger partial charge is 0.235 e. The fourth-order valence-electron chi connectivity index (χ4n) is 2.61. The summed E-state index contributed by atoms with van der Waals surface area (Å²) in [6, 6.07) is 5.16. The van der Waals surface area contributed by atoms with Crippen molar-refractivity contribution in [2.45, 2.75) is 26.8 Å². The molecule has 25 heavy (non-hydrogen) atoms. The van der Waals surface area contributed by atoms with Gasteiger partial charge in [-0.05, 0) is 37.6 Å². The molecule has 0 saturated heterocycles. The van der Waals surface area contributed by atoms with Crippen LogP contribution in [0.4, 0.5) is 8.78 Å². The molecule has 4 aromatic rings. The zero-order valence-electron chi connectivity index (χ0n) is 13.6. The molecule has 0 aliphatic carbocycles. The van der Waals surface area contributed by atoms with Crippen LogP contribution in [0.3, 0.4) is 0 Å². The van der Waals surface area contributed by atoms with Crippen LogP contribution in [0.25, 0.3) is 27.1 Å². The number of benzene rings is 1. The van der Waals surface area contributed by atoms with Crippen molar-refractivity contribution in [1.82, 2.24) is 29.6 Å². The van der Waals surface area contributed by atoms with E-state index in [0.29, 0.717) is 9.97 Å². The lowest BCUT2D eigenvalue weighted by Crippen LogP contribution is -2.00. The molecule has 128 valence electrons. The first-order valence-corrected chi connectivity index (χ1v) is 8.61. The highest BCUT2D eigenvalue weighted by molar-refractivity contribution is 7.19. The lowest BCUT2D eigenvalue weighted by atomic mass is 10.2. The first kappa shape index (κ1) is 15.8. The number of hydrogen-bond donors (Lipinski definition) is 0. The van der Waals surface area contributed by atoms with Crippen LogP contribution in [0, 0.1) is 18.6 Å². The van der Waals surface area contributed by atoms with Crippen LogP contribution in [0.5, 0.6) is 0 Å². The van der Waals surface area contributed by atoms with Crippen LogP contribution in [0.15, 0.2) is 24.3 Å². The van der Waals surface area contributed by atoms with E-state index in [0.717, 1.165) is 42.6 Å². The second kappa shape index (κ2) is 5.99. The Morgan fingerprint density at radius 2 is 1.96 bits per heavy atom. The van der Waals surface area contributed by atoms with Gasteiger partial charge in [-0.3, -0.25) is 4.68 Å². The van der Waals surface area contributed by atoms with E-state index in [-0.39, 0.29) is 11.4 Å². The number of rotatable bonds is 4. The van der Waals surface area contributed by atoms with Gasteiger partial charge >= 0.3 is 0 Å². The molecule has 0 spiro atoms. The van der Waals surface area contributed by atoms with Crippen molar-refractivity contribution in [1.29, 1.82) is 0 Å². The maximum Gasteiger partial charge on any atom is 0.235 e. The molecule has 0 atom stereocenters. The molecule has 0 amide bonds. The molecular weight excluding hydrogens is 346 g/mol. The lowest BCUT2D eigenvalue weighted by Gasteiger charge is -1.99. The van der Waals surface area contributed by atoms with E-state index >= 15 is 0 Å². The molecule has 0 radical (unpaired) electrons. The van der Waals surface area contributed by atoms with E-state index in [4.69, 9.17) is 0 Å². The van der Waals surface area contributed by atoms with E-state index in [1.807, 2.05) is 17.7 Å². The molecule has 0 fully saturated rings. The summed E-state index contributed by atoms with van der Waals surface area (Å²) in [6.07, 6.45) is 0.982. The second-order valence-corrected chi connectivity index (χ2v) is 6.60. The Morgan fingerprint density at radius 1 is 1.12 bits per heavy atom. The summed E-state index contributed by atoms with van der Waals surface area (Å²) in [6.45, 7) is 4.90. The standard InChI is InChI=1S/C16H14F2N6S/c1-3-6-23-9(2)7-13(21-23)15-22-24-14(19-20-16(24)25-15)11-8-10(17)4-5-12(11)18/h4-5,7-8H,3,6H2,1-2H3. The maximum atomic E-state index is 14.0. The van der Waals surface area contributed by atoms with Gasteiger partial charge in [0.15, 0.2) is 10.8 Å². The van der Waals surface area contributed by atoms with Crippen molar-refractivity contribution in [3.63, 3.8) is 0 Å². The third-order valence-corrected chi connectivity index (χ3v) is 4.72. The minimum Gasteiger partial charge on any atom is -0.269 e. The van der Waals surface area contributed by atoms with Gasteiger partial charge in [-0.25, -0.2) is 8.78 Å². The van der Waals surface area contributed by atoms with Crippen molar-refractivity contribution in [2.75, 3.05) is 0 Å². The van der Waals surface area contributed by atoms with E-state index in [2.05, 4.69) is 27.3 Å². The fraction of sp³-hybridized carbons (Fsp3) is 0.250. The number of fused-ring (bicyclic) bond motifs is 1. The van der Waals surface area contributed by atoms with Crippen molar-refractivity contribution in [3.8, 4) is 22.1 Å². The van der Waals surface area contributed by atoms with Gasteiger partial charge in [0, 0.05) is 12.2 Å². The van der Waals surface area contributed by atoms with Gasteiger partial charge in [0.2, 0.25) is 4.96 Å². The third-order valence-electron chi connectivity index (χ3n) is 3.80. The summed E-state index contributed by atoms with van der Waals surface area (Å²) < 4.78 is 30.9. The zero-order valence-corrected chi connectivity index (χ0v) is 14.4. The average molecular weight is 360 g/mol. The maximum absolute atomic E-state index is 14.0. The summed E-state index contributed by atoms with van der Waals surface area (Å²) in [5, 5.41) is 17.6. The Hall–Kier alpha value is -2.68. The average Bonchev–Trinajstić information content (AvgIpc) is 3.25. The van der Waals surface area contributed by atoms with Crippen molar-refractivity contribution >= 4 is 16.3 Å². The highest BCUT2D eigenvalue weighted by Crippen LogP contribution is 2.29. The summed E-state index contributed by atoms with van der Waals surface area (Å²) in [7, 11) is 0. The normalized spacial score (nSPS) is 11.5. The van der Waals surface area contributed by atoms with Crippen LogP contribution in [-0.2, 0) is 6.54 Å². The molecule has 3 aromatic heterocycles. The molecule has 3 heterocycles. The molecule has 0 aliphatic rings. The van der Waals surface area contributed by atoms with Crippen molar-refractivity contribution in [3.05, 3.63) is 41.6 Å². The number of halogens is 2. The Labute approximate surface area is 145 Å². The predicted molar refractivity (Wildman–Crippen MR) is 90.3 cm³/mol. The summed E-state index contributed by atoms with van der Waals surface area (Å²) >= 11 is 1.30. The quantitative estimate of drug-likeness (QED) is 0.557. The van der Waals surface area contributed by atoms with E-state index in [9.17, 15) is 8.78 Å². The van der Waals surface area contributed by atoms with Crippen molar-refractivity contribution in [2.24, 2.45) is 0 Å². The predicted octanol–water partition coefficient (Wildman–Crippen LogP) is 3.71. The second-order valence-electron chi connectivity index (χ2n) is 5.64. The molecule has 0 saturated carbocycles.